The molecule has 22 heavy (non-hydrogen) atoms. The molecule has 6 N–H and O–H groups in total. The van der Waals surface area contributed by atoms with Crippen molar-refractivity contribution >= 4 is 35.0 Å². The van der Waals surface area contributed by atoms with Crippen LogP contribution in [0.2, 0.25) is 0 Å². The van der Waals surface area contributed by atoms with E-state index in [4.69, 9.17) is 22.3 Å². The number of hydrogen-bond donors (Lipinski definition) is 4. The van der Waals surface area contributed by atoms with Gasteiger partial charge < -0.3 is 11.5 Å². The SMILES string of the molecule is Cl.N=C(N)c1ccc(-n2cc3cc(C(=N)N)ccc3n2)cc1. The lowest BCUT2D eigenvalue weighted by Crippen LogP contribution is -2.10. The summed E-state index contributed by atoms with van der Waals surface area (Å²) in [5, 5.41) is 20.2. The highest BCUT2D eigenvalue weighted by Gasteiger charge is 2.05. The summed E-state index contributed by atoms with van der Waals surface area (Å²) in [4.78, 5) is 0. The van der Waals surface area contributed by atoms with Crippen LogP contribution in [0.1, 0.15) is 11.1 Å². The summed E-state index contributed by atoms with van der Waals surface area (Å²) in [6.45, 7) is 0. The first-order valence-electron chi connectivity index (χ1n) is 6.33. The number of hydrogen-bond acceptors (Lipinski definition) is 3. The summed E-state index contributed by atoms with van der Waals surface area (Å²) >= 11 is 0. The van der Waals surface area contributed by atoms with Gasteiger partial charge in [-0.1, -0.05) is 0 Å². The molecule has 3 rings (SSSR count). The first kappa shape index (κ1) is 15.5. The first-order chi connectivity index (χ1) is 10.0. The molecule has 3 aromatic rings. The summed E-state index contributed by atoms with van der Waals surface area (Å²) in [6, 6.07) is 12.7. The molecule has 6 nitrogen and oxygen atoms in total. The van der Waals surface area contributed by atoms with Crippen LogP contribution in [0, 0.1) is 10.8 Å². The summed E-state index contributed by atoms with van der Waals surface area (Å²) in [5.74, 6) is 0.0775. The molecule has 0 saturated carbocycles. The Hall–Kier alpha value is -2.86. The predicted molar refractivity (Wildman–Crippen MR) is 90.4 cm³/mol. The summed E-state index contributed by atoms with van der Waals surface area (Å²) in [7, 11) is 0. The van der Waals surface area contributed by atoms with Gasteiger partial charge in [-0.05, 0) is 42.5 Å². The van der Waals surface area contributed by atoms with E-state index in [0.29, 0.717) is 11.1 Å². The highest BCUT2D eigenvalue weighted by atomic mass is 35.5. The average Bonchev–Trinajstić information content (AvgIpc) is 2.90. The molecule has 112 valence electrons. The second-order valence-electron chi connectivity index (χ2n) is 4.72. The summed E-state index contributed by atoms with van der Waals surface area (Å²) in [6.07, 6.45) is 1.88. The van der Waals surface area contributed by atoms with Crippen molar-refractivity contribution in [2.45, 2.75) is 0 Å². The zero-order chi connectivity index (χ0) is 15.0. The fraction of sp³-hybridized carbons (Fsp3) is 0. The second-order valence-corrected chi connectivity index (χ2v) is 4.72. The Kier molecular flexibility index (Phi) is 4.14. The minimum atomic E-state index is 0. The van der Waals surface area contributed by atoms with Crippen molar-refractivity contribution in [3.05, 3.63) is 59.8 Å². The number of nitrogens with zero attached hydrogens (tertiary/aromatic N) is 2. The summed E-state index contributed by atoms with van der Waals surface area (Å²) in [5.41, 5.74) is 14.0. The molecule has 0 aliphatic heterocycles. The van der Waals surface area contributed by atoms with Crippen LogP contribution in [0.5, 0.6) is 0 Å². The van der Waals surface area contributed by atoms with Gasteiger partial charge in [-0.15, -0.1) is 12.4 Å². The molecule has 0 atom stereocenters. The van der Waals surface area contributed by atoms with E-state index in [-0.39, 0.29) is 24.1 Å². The Morgan fingerprint density at radius 2 is 1.50 bits per heavy atom. The number of fused-ring (bicyclic) bond motifs is 1. The number of halogens is 1. The van der Waals surface area contributed by atoms with Crippen LogP contribution in [0.4, 0.5) is 0 Å². The van der Waals surface area contributed by atoms with Gasteiger partial charge in [-0.3, -0.25) is 10.8 Å². The minimum absolute atomic E-state index is 0. The maximum atomic E-state index is 7.46. The number of benzene rings is 2. The Labute approximate surface area is 133 Å². The predicted octanol–water partition coefficient (Wildman–Crippen LogP) is 2.02. The van der Waals surface area contributed by atoms with Gasteiger partial charge >= 0.3 is 0 Å². The van der Waals surface area contributed by atoms with Gasteiger partial charge in [-0.25, -0.2) is 4.68 Å². The third-order valence-electron chi connectivity index (χ3n) is 3.26. The molecule has 2 aromatic carbocycles. The van der Waals surface area contributed by atoms with Crippen LogP contribution in [-0.4, -0.2) is 21.5 Å². The Bertz CT molecular complexity index is 850. The van der Waals surface area contributed by atoms with Crippen LogP contribution in [-0.2, 0) is 0 Å². The number of aromatic nitrogens is 2. The van der Waals surface area contributed by atoms with Crippen LogP contribution in [0.3, 0.4) is 0 Å². The lowest BCUT2D eigenvalue weighted by atomic mass is 10.1. The van der Waals surface area contributed by atoms with Gasteiger partial charge in [-0.2, -0.15) is 5.10 Å². The molecule has 0 saturated heterocycles. The topological polar surface area (TPSA) is 118 Å². The maximum Gasteiger partial charge on any atom is 0.122 e. The molecular formula is C15H15ClN6. The van der Waals surface area contributed by atoms with E-state index in [0.717, 1.165) is 16.6 Å². The molecule has 0 aliphatic rings. The number of amidine groups is 2. The van der Waals surface area contributed by atoms with Crippen molar-refractivity contribution < 1.29 is 0 Å². The number of nitrogen functional groups attached to an aromatic ring is 2. The lowest BCUT2D eigenvalue weighted by Gasteiger charge is -2.02. The fourth-order valence-electron chi connectivity index (χ4n) is 2.12. The Morgan fingerprint density at radius 1 is 0.909 bits per heavy atom. The van der Waals surface area contributed by atoms with Crippen LogP contribution in [0.15, 0.2) is 48.7 Å². The van der Waals surface area contributed by atoms with E-state index in [1.165, 1.54) is 0 Å². The van der Waals surface area contributed by atoms with E-state index in [9.17, 15) is 0 Å². The van der Waals surface area contributed by atoms with Gasteiger partial charge in [0.1, 0.15) is 11.7 Å². The van der Waals surface area contributed by atoms with Crippen molar-refractivity contribution in [3.63, 3.8) is 0 Å². The maximum absolute atomic E-state index is 7.46. The van der Waals surface area contributed by atoms with E-state index in [2.05, 4.69) is 5.10 Å². The molecule has 0 amide bonds. The van der Waals surface area contributed by atoms with E-state index in [1.807, 2.05) is 30.5 Å². The zero-order valence-corrected chi connectivity index (χ0v) is 12.4. The first-order valence-corrected chi connectivity index (χ1v) is 6.33. The van der Waals surface area contributed by atoms with Crippen molar-refractivity contribution in [1.82, 2.24) is 9.78 Å². The third kappa shape index (κ3) is 2.77. The van der Waals surface area contributed by atoms with Crippen molar-refractivity contribution in [2.75, 3.05) is 0 Å². The second kappa shape index (κ2) is 5.87. The fourth-order valence-corrected chi connectivity index (χ4v) is 2.12. The largest absolute Gasteiger partial charge is 0.384 e. The molecule has 0 bridgehead atoms. The van der Waals surface area contributed by atoms with E-state index >= 15 is 0 Å². The van der Waals surface area contributed by atoms with Crippen molar-refractivity contribution in [1.29, 1.82) is 10.8 Å². The van der Waals surface area contributed by atoms with Gasteiger partial charge in [0.15, 0.2) is 0 Å². The molecule has 0 spiro atoms. The molecule has 0 aliphatic carbocycles. The monoisotopic (exact) mass is 314 g/mol. The number of nitrogens with two attached hydrogens (primary N) is 2. The van der Waals surface area contributed by atoms with Crippen LogP contribution >= 0.6 is 12.4 Å². The van der Waals surface area contributed by atoms with Gasteiger partial charge in [0, 0.05) is 22.7 Å². The van der Waals surface area contributed by atoms with Crippen LogP contribution in [0.25, 0.3) is 16.6 Å². The van der Waals surface area contributed by atoms with Gasteiger partial charge in [0.25, 0.3) is 0 Å². The normalized spacial score (nSPS) is 10.2. The smallest absolute Gasteiger partial charge is 0.122 e. The zero-order valence-electron chi connectivity index (χ0n) is 11.6. The number of rotatable bonds is 3. The molecule has 0 fully saturated rings. The lowest BCUT2D eigenvalue weighted by molar-refractivity contribution is 0.896. The Morgan fingerprint density at radius 3 is 2.09 bits per heavy atom. The molecule has 1 aromatic heterocycles. The standard InChI is InChI=1S/C15H14N6.ClH/c16-14(17)9-1-4-12(5-2-9)21-8-11-7-10(15(18)19)3-6-13(11)20-21;/h1-8H,(H3,16,17)(H3,18,19);1H. The molecule has 0 radical (unpaired) electrons. The average molecular weight is 315 g/mol. The molecule has 1 heterocycles. The van der Waals surface area contributed by atoms with Gasteiger partial charge in [0.05, 0.1) is 11.2 Å². The highest BCUT2D eigenvalue weighted by Crippen LogP contribution is 2.17. The third-order valence-corrected chi connectivity index (χ3v) is 3.26. The summed E-state index contributed by atoms with van der Waals surface area (Å²) < 4.78 is 1.75. The van der Waals surface area contributed by atoms with E-state index < -0.39 is 0 Å². The molecule has 7 heteroatoms. The molecule has 0 unspecified atom stereocenters. The quantitative estimate of drug-likeness (QED) is 0.437. The molecular weight excluding hydrogens is 300 g/mol. The highest BCUT2D eigenvalue weighted by molar-refractivity contribution is 5.98. The minimum Gasteiger partial charge on any atom is -0.384 e. The van der Waals surface area contributed by atoms with Crippen LogP contribution < -0.4 is 11.5 Å². The van der Waals surface area contributed by atoms with Crippen molar-refractivity contribution in [3.8, 4) is 5.69 Å². The number of nitrogens with one attached hydrogen (secondary N) is 2. The van der Waals surface area contributed by atoms with E-state index in [1.54, 1.807) is 22.9 Å². The van der Waals surface area contributed by atoms with Crippen molar-refractivity contribution in [2.24, 2.45) is 11.5 Å². The Balaban J connectivity index is 0.00000176. The van der Waals surface area contributed by atoms with Gasteiger partial charge in [0.2, 0.25) is 0 Å².